The number of nitrogens with zero attached hydrogens (tertiary/aromatic N) is 2. The number of carbonyl (C=O) groups excluding carboxylic acids is 1. The number of anilines is 1. The smallest absolute Gasteiger partial charge is 0.222 e. The van der Waals surface area contributed by atoms with Crippen molar-refractivity contribution in [3.63, 3.8) is 0 Å². The van der Waals surface area contributed by atoms with E-state index in [2.05, 4.69) is 32.7 Å². The van der Waals surface area contributed by atoms with Crippen molar-refractivity contribution in [1.29, 1.82) is 0 Å². The molecule has 6 heteroatoms. The Morgan fingerprint density at radius 1 is 1.21 bits per heavy atom. The fraction of sp³-hybridized carbons (Fsp3) is 0.389. The molecule has 1 atom stereocenters. The molecule has 1 heterocycles. The molecule has 0 fully saturated rings. The van der Waals surface area contributed by atoms with Crippen LogP contribution in [0.4, 0.5) is 5.95 Å². The van der Waals surface area contributed by atoms with Gasteiger partial charge < -0.3 is 15.4 Å². The molecule has 0 spiro atoms. The van der Waals surface area contributed by atoms with Gasteiger partial charge in [0.15, 0.2) is 0 Å². The molecule has 0 aliphatic heterocycles. The Bertz CT molecular complexity index is 617. The Hall–Kier alpha value is -2.63. The second-order valence-electron chi connectivity index (χ2n) is 5.60. The standard InChI is InChI=1S/C18H24N4O2/c1-14(4-5-15-6-8-16(24-2)9-7-15)22-17(23)10-13-21-18-19-11-3-12-20-18/h3,6-9,11-12,14H,4-5,10,13H2,1-2H3,(H,22,23)(H,19,20,21)/t14-/m1/s1. The van der Waals surface area contributed by atoms with Crippen molar-refractivity contribution in [1.82, 2.24) is 15.3 Å². The van der Waals surface area contributed by atoms with Gasteiger partial charge in [-0.3, -0.25) is 4.79 Å². The number of benzene rings is 1. The lowest BCUT2D eigenvalue weighted by atomic mass is 10.1. The number of hydrogen-bond donors (Lipinski definition) is 2. The second-order valence-corrected chi connectivity index (χ2v) is 5.60. The average Bonchev–Trinajstić information content (AvgIpc) is 2.61. The maximum Gasteiger partial charge on any atom is 0.222 e. The number of nitrogens with one attached hydrogen (secondary N) is 2. The second kappa shape index (κ2) is 9.50. The number of aromatic nitrogens is 2. The van der Waals surface area contributed by atoms with E-state index in [1.54, 1.807) is 25.6 Å². The molecule has 24 heavy (non-hydrogen) atoms. The number of hydrogen-bond acceptors (Lipinski definition) is 5. The summed E-state index contributed by atoms with van der Waals surface area (Å²) in [6.45, 7) is 2.54. The molecule has 1 aromatic carbocycles. The quantitative estimate of drug-likeness (QED) is 0.739. The Balaban J connectivity index is 1.63. The highest BCUT2D eigenvalue weighted by atomic mass is 16.5. The summed E-state index contributed by atoms with van der Waals surface area (Å²) in [6, 6.07) is 9.90. The predicted molar refractivity (Wildman–Crippen MR) is 94.1 cm³/mol. The topological polar surface area (TPSA) is 76.1 Å². The van der Waals surface area contributed by atoms with Gasteiger partial charge in [0.2, 0.25) is 11.9 Å². The third-order valence-corrected chi connectivity index (χ3v) is 3.63. The van der Waals surface area contributed by atoms with Crippen LogP contribution in [0.15, 0.2) is 42.7 Å². The molecule has 0 unspecified atom stereocenters. The van der Waals surface area contributed by atoms with Crippen LogP contribution in [0.1, 0.15) is 25.3 Å². The number of ether oxygens (including phenoxy) is 1. The van der Waals surface area contributed by atoms with Gasteiger partial charge >= 0.3 is 0 Å². The van der Waals surface area contributed by atoms with E-state index in [0.29, 0.717) is 18.9 Å². The van der Waals surface area contributed by atoms with Crippen LogP contribution < -0.4 is 15.4 Å². The van der Waals surface area contributed by atoms with Gasteiger partial charge in [-0.1, -0.05) is 12.1 Å². The summed E-state index contributed by atoms with van der Waals surface area (Å²) >= 11 is 0. The highest BCUT2D eigenvalue weighted by molar-refractivity contribution is 5.76. The first-order valence-electron chi connectivity index (χ1n) is 8.10. The van der Waals surface area contributed by atoms with Gasteiger partial charge in [-0.25, -0.2) is 9.97 Å². The van der Waals surface area contributed by atoms with Gasteiger partial charge in [-0.05, 0) is 43.5 Å². The lowest BCUT2D eigenvalue weighted by Gasteiger charge is -2.14. The van der Waals surface area contributed by atoms with E-state index < -0.39 is 0 Å². The number of carbonyl (C=O) groups is 1. The number of aryl methyl sites for hydroxylation is 1. The van der Waals surface area contributed by atoms with Crippen LogP contribution in [0, 0.1) is 0 Å². The van der Waals surface area contributed by atoms with E-state index in [0.717, 1.165) is 18.6 Å². The summed E-state index contributed by atoms with van der Waals surface area (Å²) in [6.07, 6.45) is 5.53. The summed E-state index contributed by atoms with van der Waals surface area (Å²) in [5, 5.41) is 6.04. The third kappa shape index (κ3) is 6.24. The lowest BCUT2D eigenvalue weighted by Crippen LogP contribution is -2.33. The van der Waals surface area contributed by atoms with Crippen LogP contribution in [-0.2, 0) is 11.2 Å². The summed E-state index contributed by atoms with van der Waals surface area (Å²) in [5.41, 5.74) is 1.24. The molecule has 0 aliphatic carbocycles. The van der Waals surface area contributed by atoms with Crippen molar-refractivity contribution in [3.8, 4) is 5.75 Å². The number of methoxy groups -OCH3 is 1. The van der Waals surface area contributed by atoms with Crippen molar-refractivity contribution in [3.05, 3.63) is 48.3 Å². The van der Waals surface area contributed by atoms with Gasteiger partial charge in [0.25, 0.3) is 0 Å². The molecule has 6 nitrogen and oxygen atoms in total. The van der Waals surface area contributed by atoms with Crippen molar-refractivity contribution in [2.75, 3.05) is 19.0 Å². The third-order valence-electron chi connectivity index (χ3n) is 3.63. The van der Waals surface area contributed by atoms with E-state index >= 15 is 0 Å². The average molecular weight is 328 g/mol. The zero-order valence-electron chi connectivity index (χ0n) is 14.2. The Labute approximate surface area is 142 Å². The SMILES string of the molecule is COc1ccc(CC[C@@H](C)NC(=O)CCNc2ncccn2)cc1. The van der Waals surface area contributed by atoms with Crippen molar-refractivity contribution in [2.24, 2.45) is 0 Å². The first-order chi connectivity index (χ1) is 11.7. The molecule has 128 valence electrons. The maximum atomic E-state index is 11.9. The molecule has 2 aromatic rings. The van der Waals surface area contributed by atoms with Gasteiger partial charge in [-0.15, -0.1) is 0 Å². The Kier molecular flexibility index (Phi) is 7.01. The summed E-state index contributed by atoms with van der Waals surface area (Å²) < 4.78 is 5.15. The predicted octanol–water partition coefficient (Wildman–Crippen LogP) is 2.42. The van der Waals surface area contributed by atoms with Gasteiger partial charge in [0.05, 0.1) is 7.11 Å². The van der Waals surface area contributed by atoms with Crippen molar-refractivity contribution in [2.45, 2.75) is 32.2 Å². The van der Waals surface area contributed by atoms with Crippen LogP contribution in [0.3, 0.4) is 0 Å². The van der Waals surface area contributed by atoms with Crippen LogP contribution in [0.25, 0.3) is 0 Å². The normalized spacial score (nSPS) is 11.6. The molecule has 0 radical (unpaired) electrons. The van der Waals surface area contributed by atoms with Gasteiger partial charge in [0.1, 0.15) is 5.75 Å². The minimum atomic E-state index is 0.0284. The molecule has 0 aliphatic rings. The molecular weight excluding hydrogens is 304 g/mol. The zero-order chi connectivity index (χ0) is 17.2. The van der Waals surface area contributed by atoms with Crippen LogP contribution in [-0.4, -0.2) is 35.6 Å². The minimum absolute atomic E-state index is 0.0284. The fourth-order valence-corrected chi connectivity index (χ4v) is 2.27. The van der Waals surface area contributed by atoms with Crippen molar-refractivity contribution < 1.29 is 9.53 Å². The van der Waals surface area contributed by atoms with E-state index in [1.165, 1.54) is 5.56 Å². The molecule has 1 aromatic heterocycles. The molecule has 2 rings (SSSR count). The van der Waals surface area contributed by atoms with Crippen LogP contribution in [0.5, 0.6) is 5.75 Å². The molecule has 1 amide bonds. The first-order valence-corrected chi connectivity index (χ1v) is 8.10. The molecule has 2 N–H and O–H groups in total. The highest BCUT2D eigenvalue weighted by Gasteiger charge is 2.08. The fourth-order valence-electron chi connectivity index (χ4n) is 2.27. The highest BCUT2D eigenvalue weighted by Crippen LogP contribution is 2.13. The van der Waals surface area contributed by atoms with E-state index in [1.807, 2.05) is 19.1 Å². The largest absolute Gasteiger partial charge is 0.497 e. The zero-order valence-corrected chi connectivity index (χ0v) is 14.2. The van der Waals surface area contributed by atoms with Crippen LogP contribution >= 0.6 is 0 Å². The molecular formula is C18H24N4O2. The number of rotatable bonds is 9. The molecule has 0 bridgehead atoms. The summed E-state index contributed by atoms with van der Waals surface area (Å²) in [7, 11) is 1.66. The van der Waals surface area contributed by atoms with E-state index in [9.17, 15) is 4.79 Å². The lowest BCUT2D eigenvalue weighted by molar-refractivity contribution is -0.121. The summed E-state index contributed by atoms with van der Waals surface area (Å²) in [4.78, 5) is 20.0. The molecule has 0 saturated carbocycles. The first kappa shape index (κ1) is 17.7. The van der Waals surface area contributed by atoms with Crippen LogP contribution in [0.2, 0.25) is 0 Å². The van der Waals surface area contributed by atoms with Gasteiger partial charge in [0, 0.05) is 31.4 Å². The minimum Gasteiger partial charge on any atom is -0.497 e. The van der Waals surface area contributed by atoms with E-state index in [-0.39, 0.29) is 11.9 Å². The Morgan fingerprint density at radius 3 is 2.58 bits per heavy atom. The number of amides is 1. The van der Waals surface area contributed by atoms with E-state index in [4.69, 9.17) is 4.74 Å². The molecule has 0 saturated heterocycles. The maximum absolute atomic E-state index is 11.9. The monoisotopic (exact) mass is 328 g/mol. The summed E-state index contributed by atoms with van der Waals surface area (Å²) in [5.74, 6) is 1.42. The Morgan fingerprint density at radius 2 is 1.92 bits per heavy atom. The van der Waals surface area contributed by atoms with Crippen molar-refractivity contribution >= 4 is 11.9 Å². The van der Waals surface area contributed by atoms with Gasteiger partial charge in [-0.2, -0.15) is 0 Å².